The molecule has 0 aliphatic heterocycles. The highest BCUT2D eigenvalue weighted by Gasteiger charge is 2.39. The fourth-order valence-corrected chi connectivity index (χ4v) is 6.77. The summed E-state index contributed by atoms with van der Waals surface area (Å²) >= 11 is 0. The molecule has 0 heterocycles. The van der Waals surface area contributed by atoms with Crippen LogP contribution in [0.5, 0.6) is 0 Å². The first-order valence-corrected chi connectivity index (χ1v) is 11.5. The Labute approximate surface area is 160 Å². The summed E-state index contributed by atoms with van der Waals surface area (Å²) in [5.74, 6) is 5.50. The maximum absolute atomic E-state index is 13.6. The van der Waals surface area contributed by atoms with Crippen molar-refractivity contribution in [3.8, 4) is 0 Å². The largest absolute Gasteiger partial charge is 0.207 e. The Balaban J connectivity index is 1.30. The molecule has 0 amide bonds. The Morgan fingerprint density at radius 2 is 1.46 bits per heavy atom. The van der Waals surface area contributed by atoms with E-state index >= 15 is 0 Å². The summed E-state index contributed by atoms with van der Waals surface area (Å²) in [6.45, 7) is 2.34. The molecule has 26 heavy (non-hydrogen) atoms. The second-order valence-corrected chi connectivity index (χ2v) is 9.73. The molecule has 0 radical (unpaired) electrons. The third-order valence-corrected chi connectivity index (χ3v) is 8.23. The highest BCUT2D eigenvalue weighted by molar-refractivity contribution is 5.21. The number of benzene rings is 1. The van der Waals surface area contributed by atoms with Crippen LogP contribution >= 0.6 is 0 Å². The van der Waals surface area contributed by atoms with Crippen LogP contribution in [-0.2, 0) is 0 Å². The second kappa shape index (κ2) is 8.44. The van der Waals surface area contributed by atoms with Crippen molar-refractivity contribution in [2.24, 2.45) is 29.6 Å². The lowest BCUT2D eigenvalue weighted by molar-refractivity contribution is 0.0711. The average Bonchev–Trinajstić information content (AvgIpc) is 2.68. The molecule has 3 aliphatic carbocycles. The zero-order valence-corrected chi connectivity index (χ0v) is 16.6. The molecule has 3 fully saturated rings. The zero-order chi connectivity index (χ0) is 17.9. The SMILES string of the molecule is CCCC1CCC(C2CCC3CC(c4cccc(F)c4)CCC3C2)CC1. The van der Waals surface area contributed by atoms with E-state index in [1.165, 1.54) is 82.6 Å². The van der Waals surface area contributed by atoms with Gasteiger partial charge >= 0.3 is 0 Å². The summed E-state index contributed by atoms with van der Waals surface area (Å²) < 4.78 is 13.6. The first-order chi connectivity index (χ1) is 12.7. The molecule has 3 saturated carbocycles. The van der Waals surface area contributed by atoms with E-state index in [1.54, 1.807) is 12.1 Å². The third-order valence-electron chi connectivity index (χ3n) is 8.23. The molecule has 0 bridgehead atoms. The van der Waals surface area contributed by atoms with Gasteiger partial charge in [-0.3, -0.25) is 0 Å². The molecule has 0 aromatic heterocycles. The molecular formula is C25H37F. The molecule has 1 aromatic carbocycles. The van der Waals surface area contributed by atoms with Gasteiger partial charge < -0.3 is 0 Å². The minimum absolute atomic E-state index is 0.0630. The molecule has 0 saturated heterocycles. The zero-order valence-electron chi connectivity index (χ0n) is 16.6. The molecular weight excluding hydrogens is 319 g/mol. The summed E-state index contributed by atoms with van der Waals surface area (Å²) in [7, 11) is 0. The molecule has 0 spiro atoms. The maximum atomic E-state index is 13.6. The van der Waals surface area contributed by atoms with E-state index in [0.29, 0.717) is 5.92 Å². The van der Waals surface area contributed by atoms with Crippen LogP contribution in [0.25, 0.3) is 0 Å². The van der Waals surface area contributed by atoms with Crippen LogP contribution in [0.3, 0.4) is 0 Å². The topological polar surface area (TPSA) is 0 Å². The Morgan fingerprint density at radius 1 is 0.808 bits per heavy atom. The Morgan fingerprint density at radius 3 is 2.19 bits per heavy atom. The summed E-state index contributed by atoms with van der Waals surface area (Å²) in [4.78, 5) is 0. The van der Waals surface area contributed by atoms with E-state index in [-0.39, 0.29) is 5.82 Å². The highest BCUT2D eigenvalue weighted by atomic mass is 19.1. The first kappa shape index (κ1) is 18.5. The minimum atomic E-state index is -0.0630. The minimum Gasteiger partial charge on any atom is -0.207 e. The molecule has 0 N–H and O–H groups in total. The van der Waals surface area contributed by atoms with Crippen LogP contribution < -0.4 is 0 Å². The summed E-state index contributed by atoms with van der Waals surface area (Å²) in [6.07, 6.45) is 17.3. The van der Waals surface area contributed by atoms with E-state index in [1.807, 2.05) is 6.07 Å². The summed E-state index contributed by atoms with van der Waals surface area (Å²) in [6, 6.07) is 7.40. The third kappa shape index (κ3) is 4.18. The molecule has 0 nitrogen and oxygen atoms in total. The van der Waals surface area contributed by atoms with Gasteiger partial charge in [-0.2, -0.15) is 0 Å². The molecule has 144 valence electrons. The van der Waals surface area contributed by atoms with E-state index in [9.17, 15) is 4.39 Å². The van der Waals surface area contributed by atoms with Crippen LogP contribution in [-0.4, -0.2) is 0 Å². The Hall–Kier alpha value is -0.850. The Kier molecular flexibility index (Phi) is 6.01. The van der Waals surface area contributed by atoms with Gasteiger partial charge in [0.1, 0.15) is 5.82 Å². The predicted molar refractivity (Wildman–Crippen MR) is 108 cm³/mol. The van der Waals surface area contributed by atoms with Crippen LogP contribution in [0, 0.1) is 35.4 Å². The standard InChI is InChI=1S/C25H37F/c1-2-4-18-7-9-19(10-8-18)21-11-12-24-16-22(13-14-23(24)15-21)20-5-3-6-25(26)17-20/h3,5-6,17-19,21-24H,2,4,7-16H2,1H3. The van der Waals surface area contributed by atoms with E-state index < -0.39 is 0 Å². The van der Waals surface area contributed by atoms with Crippen molar-refractivity contribution < 1.29 is 4.39 Å². The first-order valence-electron chi connectivity index (χ1n) is 11.5. The van der Waals surface area contributed by atoms with Crippen molar-refractivity contribution in [1.29, 1.82) is 0 Å². The lowest BCUT2D eigenvalue weighted by atomic mass is 9.60. The van der Waals surface area contributed by atoms with Crippen molar-refractivity contribution in [2.75, 3.05) is 0 Å². The lowest BCUT2D eigenvalue weighted by Gasteiger charge is -2.45. The van der Waals surface area contributed by atoms with Gasteiger partial charge in [-0.1, -0.05) is 44.7 Å². The molecule has 3 aliphatic rings. The van der Waals surface area contributed by atoms with Gasteiger partial charge in [0.25, 0.3) is 0 Å². The van der Waals surface area contributed by atoms with Crippen LogP contribution in [0.4, 0.5) is 4.39 Å². The van der Waals surface area contributed by atoms with E-state index in [4.69, 9.17) is 0 Å². The van der Waals surface area contributed by atoms with E-state index in [0.717, 1.165) is 29.6 Å². The lowest BCUT2D eigenvalue weighted by Crippen LogP contribution is -2.34. The molecule has 1 aromatic rings. The van der Waals surface area contributed by atoms with Gasteiger partial charge in [-0.15, -0.1) is 0 Å². The Bertz CT molecular complexity index is 571. The van der Waals surface area contributed by atoms with Gasteiger partial charge in [-0.25, -0.2) is 4.39 Å². The van der Waals surface area contributed by atoms with Crippen molar-refractivity contribution in [3.05, 3.63) is 35.6 Å². The van der Waals surface area contributed by atoms with Crippen molar-refractivity contribution in [3.63, 3.8) is 0 Å². The summed E-state index contributed by atoms with van der Waals surface area (Å²) in [5.41, 5.74) is 1.25. The number of rotatable bonds is 4. The molecule has 1 heteroatoms. The predicted octanol–water partition coefficient (Wildman–Crippen LogP) is 7.73. The van der Waals surface area contributed by atoms with Crippen molar-refractivity contribution in [1.82, 2.24) is 0 Å². The molecule has 4 atom stereocenters. The van der Waals surface area contributed by atoms with Crippen LogP contribution in [0.1, 0.15) is 95.5 Å². The van der Waals surface area contributed by atoms with Crippen LogP contribution in [0.2, 0.25) is 0 Å². The van der Waals surface area contributed by atoms with Gasteiger partial charge in [0.2, 0.25) is 0 Å². The van der Waals surface area contributed by atoms with Crippen LogP contribution in [0.15, 0.2) is 24.3 Å². The van der Waals surface area contributed by atoms with Crippen molar-refractivity contribution in [2.45, 2.75) is 89.9 Å². The van der Waals surface area contributed by atoms with Gasteiger partial charge in [0, 0.05) is 0 Å². The quantitative estimate of drug-likeness (QED) is 0.517. The number of hydrogen-bond acceptors (Lipinski definition) is 0. The van der Waals surface area contributed by atoms with E-state index in [2.05, 4.69) is 13.0 Å². The summed E-state index contributed by atoms with van der Waals surface area (Å²) in [5, 5.41) is 0. The monoisotopic (exact) mass is 356 g/mol. The fraction of sp³-hybridized carbons (Fsp3) is 0.760. The number of halogens is 1. The molecule has 4 rings (SSSR count). The smallest absolute Gasteiger partial charge is 0.123 e. The van der Waals surface area contributed by atoms with Gasteiger partial charge in [-0.05, 0) is 105 Å². The van der Waals surface area contributed by atoms with Gasteiger partial charge in [0.05, 0.1) is 0 Å². The average molecular weight is 357 g/mol. The number of fused-ring (bicyclic) bond motifs is 1. The highest BCUT2D eigenvalue weighted by Crippen LogP contribution is 2.51. The second-order valence-electron chi connectivity index (χ2n) is 9.73. The van der Waals surface area contributed by atoms with Gasteiger partial charge in [0.15, 0.2) is 0 Å². The number of hydrogen-bond donors (Lipinski definition) is 0. The van der Waals surface area contributed by atoms with Crippen molar-refractivity contribution >= 4 is 0 Å². The fourth-order valence-electron chi connectivity index (χ4n) is 6.77. The molecule has 4 unspecified atom stereocenters. The normalized spacial score (nSPS) is 37.9. The maximum Gasteiger partial charge on any atom is 0.123 e.